The number of aromatic amines is 1. The largest absolute Gasteiger partial charge is 0.347 e. The van der Waals surface area contributed by atoms with Crippen LogP contribution >= 0.6 is 11.3 Å². The summed E-state index contributed by atoms with van der Waals surface area (Å²) in [5.41, 5.74) is 3.77. The van der Waals surface area contributed by atoms with Gasteiger partial charge in [0.05, 0.1) is 16.7 Å². The summed E-state index contributed by atoms with van der Waals surface area (Å²) in [5.74, 6) is 6.32. The number of thiazole rings is 1. The number of imidazole rings is 1. The van der Waals surface area contributed by atoms with E-state index in [2.05, 4.69) is 20.4 Å². The fourth-order valence-corrected chi connectivity index (χ4v) is 2.04. The maximum Gasteiger partial charge on any atom is 0.124 e. The molecular formula is C9H13N5S. The van der Waals surface area contributed by atoms with Crippen molar-refractivity contribution in [2.75, 3.05) is 0 Å². The lowest BCUT2D eigenvalue weighted by Crippen LogP contribution is -2.30. The van der Waals surface area contributed by atoms with Crippen LogP contribution in [0.25, 0.3) is 0 Å². The summed E-state index contributed by atoms with van der Waals surface area (Å²) in [6, 6.07) is -0.0125. The molecule has 1 unspecified atom stereocenters. The van der Waals surface area contributed by atoms with Crippen LogP contribution in [0.2, 0.25) is 0 Å². The van der Waals surface area contributed by atoms with Crippen LogP contribution < -0.4 is 11.3 Å². The highest BCUT2D eigenvalue weighted by Crippen LogP contribution is 2.16. The van der Waals surface area contributed by atoms with E-state index in [1.165, 1.54) is 0 Å². The van der Waals surface area contributed by atoms with Crippen molar-refractivity contribution in [2.24, 2.45) is 5.84 Å². The molecular weight excluding hydrogens is 210 g/mol. The lowest BCUT2D eigenvalue weighted by molar-refractivity contribution is 0.523. The van der Waals surface area contributed by atoms with E-state index < -0.39 is 0 Å². The van der Waals surface area contributed by atoms with Gasteiger partial charge in [-0.1, -0.05) is 0 Å². The molecule has 2 aromatic heterocycles. The molecule has 4 N–H and O–H groups in total. The summed E-state index contributed by atoms with van der Waals surface area (Å²) in [6.45, 7) is 1.99. The van der Waals surface area contributed by atoms with E-state index in [0.717, 1.165) is 22.9 Å². The Hall–Kier alpha value is -1.24. The lowest BCUT2D eigenvalue weighted by Gasteiger charge is -2.11. The van der Waals surface area contributed by atoms with Gasteiger partial charge < -0.3 is 4.98 Å². The Balaban J connectivity index is 2.09. The number of hydrogen-bond donors (Lipinski definition) is 3. The van der Waals surface area contributed by atoms with E-state index in [1.807, 2.05) is 12.3 Å². The second-order valence-electron chi connectivity index (χ2n) is 3.26. The number of nitrogens with one attached hydrogen (secondary N) is 2. The normalized spacial score (nSPS) is 12.9. The zero-order chi connectivity index (χ0) is 10.7. The maximum absolute atomic E-state index is 5.48. The third kappa shape index (κ3) is 2.41. The molecule has 0 saturated heterocycles. The van der Waals surface area contributed by atoms with Crippen LogP contribution in [0.1, 0.15) is 22.6 Å². The summed E-state index contributed by atoms with van der Waals surface area (Å²) in [5, 5.41) is 3.11. The van der Waals surface area contributed by atoms with E-state index in [0.29, 0.717) is 0 Å². The van der Waals surface area contributed by atoms with Crippen LogP contribution in [-0.4, -0.2) is 15.0 Å². The summed E-state index contributed by atoms with van der Waals surface area (Å²) < 4.78 is 0. The Morgan fingerprint density at radius 1 is 1.67 bits per heavy atom. The highest BCUT2D eigenvalue weighted by atomic mass is 32.1. The molecule has 6 heteroatoms. The minimum Gasteiger partial charge on any atom is -0.347 e. The molecule has 1 atom stereocenters. The Labute approximate surface area is 91.7 Å². The maximum atomic E-state index is 5.48. The minimum absolute atomic E-state index is 0.0125. The van der Waals surface area contributed by atoms with Crippen LogP contribution in [0, 0.1) is 6.92 Å². The van der Waals surface area contributed by atoms with E-state index >= 15 is 0 Å². The van der Waals surface area contributed by atoms with Crippen molar-refractivity contribution < 1.29 is 0 Å². The van der Waals surface area contributed by atoms with Crippen molar-refractivity contribution in [1.82, 2.24) is 20.4 Å². The molecule has 0 amide bonds. The summed E-state index contributed by atoms with van der Waals surface area (Å²) in [7, 11) is 0. The molecule has 0 spiro atoms. The van der Waals surface area contributed by atoms with Gasteiger partial charge >= 0.3 is 0 Å². The Morgan fingerprint density at radius 3 is 3.07 bits per heavy atom. The predicted molar refractivity (Wildman–Crippen MR) is 59.2 cm³/mol. The molecule has 0 aromatic carbocycles. The number of hydrazine groups is 1. The van der Waals surface area contributed by atoms with Gasteiger partial charge in [0.15, 0.2) is 0 Å². The second-order valence-corrected chi connectivity index (χ2v) is 4.32. The zero-order valence-electron chi connectivity index (χ0n) is 8.40. The molecule has 5 nitrogen and oxygen atoms in total. The van der Waals surface area contributed by atoms with Crippen LogP contribution in [0.5, 0.6) is 0 Å². The molecule has 2 heterocycles. The van der Waals surface area contributed by atoms with Gasteiger partial charge in [-0.3, -0.25) is 5.84 Å². The second kappa shape index (κ2) is 4.52. The average molecular weight is 223 g/mol. The highest BCUT2D eigenvalue weighted by Gasteiger charge is 2.14. The van der Waals surface area contributed by atoms with Crippen LogP contribution in [0.15, 0.2) is 17.8 Å². The number of aromatic nitrogens is 3. The molecule has 15 heavy (non-hydrogen) atoms. The Kier molecular flexibility index (Phi) is 3.10. The van der Waals surface area contributed by atoms with Crippen LogP contribution in [0.3, 0.4) is 0 Å². The molecule has 0 aliphatic heterocycles. The van der Waals surface area contributed by atoms with Gasteiger partial charge in [-0.05, 0) is 6.92 Å². The number of hydrogen-bond acceptors (Lipinski definition) is 5. The van der Waals surface area contributed by atoms with Gasteiger partial charge in [0, 0.05) is 24.2 Å². The van der Waals surface area contributed by atoms with Crippen molar-refractivity contribution in [1.29, 1.82) is 0 Å². The molecule has 0 aliphatic carbocycles. The van der Waals surface area contributed by atoms with Crippen LogP contribution in [0.4, 0.5) is 0 Å². The first-order valence-corrected chi connectivity index (χ1v) is 5.54. The molecule has 80 valence electrons. The standard InChI is InChI=1S/C9H13N5S/c1-6-13-7(5-15-6)4-8(14-10)9-11-2-3-12-9/h2-3,5,8,14H,4,10H2,1H3,(H,11,12). The predicted octanol–water partition coefficient (Wildman–Crippen LogP) is 0.922. The SMILES string of the molecule is Cc1nc(CC(NN)c2ncc[nH]2)cs1. The van der Waals surface area contributed by atoms with Crippen molar-refractivity contribution >= 4 is 11.3 Å². The number of nitrogens with zero attached hydrogens (tertiary/aromatic N) is 2. The summed E-state index contributed by atoms with van der Waals surface area (Å²) in [6.07, 6.45) is 4.24. The van der Waals surface area contributed by atoms with Crippen molar-refractivity contribution in [3.05, 3.63) is 34.3 Å². The third-order valence-electron chi connectivity index (χ3n) is 2.13. The van der Waals surface area contributed by atoms with Crippen molar-refractivity contribution in [3.8, 4) is 0 Å². The molecule has 0 saturated carbocycles. The first-order valence-electron chi connectivity index (χ1n) is 4.66. The molecule has 2 rings (SSSR count). The molecule has 0 aliphatic rings. The molecule has 0 fully saturated rings. The fourth-order valence-electron chi connectivity index (χ4n) is 1.41. The number of aryl methyl sites for hydroxylation is 1. The molecule has 0 radical (unpaired) electrons. The number of H-pyrrole nitrogens is 1. The quantitative estimate of drug-likeness (QED) is 0.532. The minimum atomic E-state index is -0.0125. The van der Waals surface area contributed by atoms with E-state index in [9.17, 15) is 0 Å². The zero-order valence-corrected chi connectivity index (χ0v) is 9.21. The number of nitrogens with two attached hydrogens (primary N) is 1. The number of rotatable bonds is 4. The summed E-state index contributed by atoms with van der Waals surface area (Å²) >= 11 is 1.64. The topological polar surface area (TPSA) is 79.6 Å². The highest BCUT2D eigenvalue weighted by molar-refractivity contribution is 7.09. The smallest absolute Gasteiger partial charge is 0.124 e. The first-order chi connectivity index (χ1) is 7.29. The molecule has 2 aromatic rings. The average Bonchev–Trinajstić information content (AvgIpc) is 2.85. The van der Waals surface area contributed by atoms with Gasteiger partial charge in [0.25, 0.3) is 0 Å². The Morgan fingerprint density at radius 2 is 2.53 bits per heavy atom. The van der Waals surface area contributed by atoms with Crippen molar-refractivity contribution in [2.45, 2.75) is 19.4 Å². The third-order valence-corrected chi connectivity index (χ3v) is 2.95. The molecule has 0 bridgehead atoms. The first kappa shape index (κ1) is 10.3. The van der Waals surface area contributed by atoms with Gasteiger partial charge in [-0.2, -0.15) is 0 Å². The Bertz CT molecular complexity index is 408. The van der Waals surface area contributed by atoms with Gasteiger partial charge in [0.1, 0.15) is 5.82 Å². The monoisotopic (exact) mass is 223 g/mol. The van der Waals surface area contributed by atoms with E-state index in [-0.39, 0.29) is 6.04 Å². The van der Waals surface area contributed by atoms with Crippen molar-refractivity contribution in [3.63, 3.8) is 0 Å². The van der Waals surface area contributed by atoms with Crippen LogP contribution in [-0.2, 0) is 6.42 Å². The summed E-state index contributed by atoms with van der Waals surface area (Å²) in [4.78, 5) is 11.6. The van der Waals surface area contributed by atoms with Gasteiger partial charge in [-0.15, -0.1) is 11.3 Å². The van der Waals surface area contributed by atoms with Gasteiger partial charge in [-0.25, -0.2) is 15.4 Å². The van der Waals surface area contributed by atoms with E-state index in [4.69, 9.17) is 5.84 Å². The lowest BCUT2D eigenvalue weighted by atomic mass is 10.2. The fraction of sp³-hybridized carbons (Fsp3) is 0.333. The van der Waals surface area contributed by atoms with E-state index in [1.54, 1.807) is 23.7 Å². The van der Waals surface area contributed by atoms with Gasteiger partial charge in [0.2, 0.25) is 0 Å².